The second kappa shape index (κ2) is 20.8. The van der Waals surface area contributed by atoms with Crippen LogP contribution in [0.3, 0.4) is 0 Å². The quantitative estimate of drug-likeness (QED) is 0.198. The second-order valence-corrected chi connectivity index (χ2v) is 14.9. The fraction of sp³-hybridized carbons (Fsp3) is 0.333. The molecule has 4 amide bonds. The highest BCUT2D eigenvalue weighted by atomic mass is 16.5. The van der Waals surface area contributed by atoms with E-state index in [0.29, 0.717) is 48.3 Å². The monoisotopic (exact) mass is 784 g/mol. The van der Waals surface area contributed by atoms with E-state index in [9.17, 15) is 19.2 Å². The van der Waals surface area contributed by atoms with Gasteiger partial charge in [-0.1, -0.05) is 109 Å². The van der Waals surface area contributed by atoms with Crippen LogP contribution in [0.1, 0.15) is 97.3 Å². The number of benzene rings is 4. The minimum atomic E-state index is -0.619. The lowest BCUT2D eigenvalue weighted by atomic mass is 10.0. The summed E-state index contributed by atoms with van der Waals surface area (Å²) in [5, 5.41) is 6.22. The summed E-state index contributed by atoms with van der Waals surface area (Å²) in [6.45, 7) is 7.45. The molecule has 2 N–H and O–H groups in total. The van der Waals surface area contributed by atoms with Crippen molar-refractivity contribution in [1.82, 2.24) is 20.4 Å². The average molecular weight is 785 g/mol. The van der Waals surface area contributed by atoms with Crippen LogP contribution in [0, 0.1) is 0 Å². The summed E-state index contributed by atoms with van der Waals surface area (Å²) in [5.74, 6) is 0.228. The van der Waals surface area contributed by atoms with Crippen LogP contribution in [0.2, 0.25) is 0 Å². The third-order valence-corrected chi connectivity index (χ3v) is 10.5. The predicted molar refractivity (Wildman–Crippen MR) is 228 cm³/mol. The van der Waals surface area contributed by atoms with Crippen molar-refractivity contribution in [2.75, 3.05) is 14.1 Å². The second-order valence-electron chi connectivity index (χ2n) is 14.9. The Balaban J connectivity index is 0.000000221. The number of nitrogens with one attached hydrogen (secondary N) is 2. The van der Waals surface area contributed by atoms with Crippen molar-refractivity contribution < 1.29 is 28.7 Å². The number of hydrogen-bond acceptors (Lipinski definition) is 6. The number of carbonyl (C=O) groups is 4. The zero-order valence-corrected chi connectivity index (χ0v) is 34.3. The Morgan fingerprint density at radius 2 is 0.793 bits per heavy atom. The topological polar surface area (TPSA) is 117 Å². The number of ether oxygens (including phenoxy) is 2. The van der Waals surface area contributed by atoms with E-state index in [1.807, 2.05) is 86.6 Å². The Labute approximate surface area is 342 Å². The smallest absolute Gasteiger partial charge is 0.258 e. The molecule has 4 aromatic carbocycles. The molecule has 2 heterocycles. The van der Waals surface area contributed by atoms with Crippen molar-refractivity contribution in [1.29, 1.82) is 0 Å². The maximum absolute atomic E-state index is 13.1. The van der Waals surface area contributed by atoms with Crippen LogP contribution < -0.4 is 20.1 Å². The number of likely N-dealkylation sites (N-methyl/N-ethyl adjacent to an activating group) is 2. The summed E-state index contributed by atoms with van der Waals surface area (Å²) in [6, 6.07) is 32.6. The standard InChI is InChI=1S/2C24H28N2O3/c2*1-17-11-7-9-15-21(19-12-5-4-6-13-19)25-23(27)18(2)26(3)24(28)20-14-8-10-16-22(20)29-17/h2*4-10,12-14,16-18,21H,11,15H2,1-3H3,(H,25,27)/b9-7+;9-7-/t2*17-,18-,21+/m11/s1. The molecule has 0 spiro atoms. The molecule has 58 heavy (non-hydrogen) atoms. The number of nitrogens with zero attached hydrogens (tertiary/aromatic N) is 2. The lowest BCUT2D eigenvalue weighted by Gasteiger charge is -2.28. The van der Waals surface area contributed by atoms with Gasteiger partial charge < -0.3 is 29.9 Å². The molecule has 0 aromatic heterocycles. The van der Waals surface area contributed by atoms with E-state index < -0.39 is 12.1 Å². The minimum Gasteiger partial charge on any atom is -0.490 e. The van der Waals surface area contributed by atoms with Gasteiger partial charge in [0.2, 0.25) is 11.8 Å². The fourth-order valence-electron chi connectivity index (χ4n) is 6.66. The molecule has 10 heteroatoms. The first-order valence-electron chi connectivity index (χ1n) is 20.0. The molecule has 0 radical (unpaired) electrons. The van der Waals surface area contributed by atoms with Crippen LogP contribution in [0.25, 0.3) is 0 Å². The van der Waals surface area contributed by atoms with Gasteiger partial charge in [0, 0.05) is 26.9 Å². The number of fused-ring (bicyclic) bond motifs is 2. The van der Waals surface area contributed by atoms with Crippen molar-refractivity contribution in [2.24, 2.45) is 0 Å². The van der Waals surface area contributed by atoms with Crippen LogP contribution in [0.15, 0.2) is 133 Å². The van der Waals surface area contributed by atoms with Gasteiger partial charge in [0.25, 0.3) is 11.8 Å². The van der Waals surface area contributed by atoms with E-state index in [4.69, 9.17) is 9.47 Å². The number of hydrogen-bond donors (Lipinski definition) is 2. The number of amides is 4. The lowest BCUT2D eigenvalue weighted by Crippen LogP contribution is -2.47. The van der Waals surface area contributed by atoms with Gasteiger partial charge in [0.05, 0.1) is 35.4 Å². The van der Waals surface area contributed by atoms with E-state index >= 15 is 0 Å². The molecular formula is C48H56N4O6. The zero-order chi connectivity index (χ0) is 41.6. The largest absolute Gasteiger partial charge is 0.490 e. The first-order valence-corrected chi connectivity index (χ1v) is 20.0. The number of rotatable bonds is 2. The summed E-state index contributed by atoms with van der Waals surface area (Å²) >= 11 is 0. The molecule has 6 atom stereocenters. The fourth-order valence-corrected chi connectivity index (χ4v) is 6.66. The zero-order valence-electron chi connectivity index (χ0n) is 34.3. The van der Waals surface area contributed by atoms with Gasteiger partial charge in [-0.3, -0.25) is 19.2 Å². The molecule has 0 bridgehead atoms. The van der Waals surface area contributed by atoms with Gasteiger partial charge in [-0.2, -0.15) is 0 Å². The third-order valence-electron chi connectivity index (χ3n) is 10.5. The van der Waals surface area contributed by atoms with Crippen molar-refractivity contribution in [2.45, 2.75) is 89.8 Å². The summed E-state index contributed by atoms with van der Waals surface area (Å²) < 4.78 is 12.1. The molecule has 0 fully saturated rings. The van der Waals surface area contributed by atoms with E-state index in [1.165, 1.54) is 9.80 Å². The highest BCUT2D eigenvalue weighted by Crippen LogP contribution is 2.26. The molecule has 10 nitrogen and oxygen atoms in total. The maximum Gasteiger partial charge on any atom is 0.258 e. The Hall–Kier alpha value is -6.16. The van der Waals surface area contributed by atoms with E-state index in [2.05, 4.69) is 34.9 Å². The summed E-state index contributed by atoms with van der Waals surface area (Å²) in [4.78, 5) is 54.9. The van der Waals surface area contributed by atoms with Gasteiger partial charge in [-0.05, 0) is 75.9 Å². The van der Waals surface area contributed by atoms with Crippen molar-refractivity contribution in [3.8, 4) is 11.5 Å². The molecular weight excluding hydrogens is 729 g/mol. The van der Waals surface area contributed by atoms with Gasteiger partial charge in [0.1, 0.15) is 23.6 Å². The van der Waals surface area contributed by atoms with Crippen LogP contribution >= 0.6 is 0 Å². The molecule has 0 aliphatic carbocycles. The maximum atomic E-state index is 13.1. The molecule has 6 rings (SSSR count). The summed E-state index contributed by atoms with van der Waals surface area (Å²) in [7, 11) is 3.30. The van der Waals surface area contributed by atoms with Crippen molar-refractivity contribution in [3.63, 3.8) is 0 Å². The average Bonchev–Trinajstić information content (AvgIpc) is 3.24. The number of carbonyl (C=O) groups excluding carboxylic acids is 4. The minimum absolute atomic E-state index is 0.0735. The first kappa shape index (κ1) is 43.0. The van der Waals surface area contributed by atoms with Gasteiger partial charge in [0.15, 0.2) is 0 Å². The van der Waals surface area contributed by atoms with Gasteiger partial charge in [-0.25, -0.2) is 0 Å². The van der Waals surface area contributed by atoms with Gasteiger partial charge >= 0.3 is 0 Å². The lowest BCUT2D eigenvalue weighted by molar-refractivity contribution is -0.126. The van der Waals surface area contributed by atoms with Crippen LogP contribution in [0.4, 0.5) is 0 Å². The highest BCUT2D eigenvalue weighted by molar-refractivity contribution is 6.00. The normalized spacial score (nSPS) is 24.7. The molecule has 2 aliphatic rings. The molecule has 0 unspecified atom stereocenters. The summed E-state index contributed by atoms with van der Waals surface area (Å²) in [5.41, 5.74) is 2.99. The van der Waals surface area contributed by atoms with Crippen LogP contribution in [0.5, 0.6) is 11.5 Å². The first-order chi connectivity index (χ1) is 27.9. The molecule has 0 saturated carbocycles. The predicted octanol–water partition coefficient (Wildman–Crippen LogP) is 8.24. The van der Waals surface area contributed by atoms with Crippen molar-refractivity contribution >= 4 is 23.6 Å². The Morgan fingerprint density at radius 1 is 0.466 bits per heavy atom. The Bertz CT molecular complexity index is 1900. The molecule has 304 valence electrons. The van der Waals surface area contributed by atoms with Crippen molar-refractivity contribution in [3.05, 3.63) is 156 Å². The van der Waals surface area contributed by atoms with E-state index in [1.54, 1.807) is 64.3 Å². The number of para-hydroxylation sites is 2. The van der Waals surface area contributed by atoms with Gasteiger partial charge in [-0.15, -0.1) is 0 Å². The van der Waals surface area contributed by atoms with E-state index in [-0.39, 0.29) is 47.9 Å². The Morgan fingerprint density at radius 3 is 1.17 bits per heavy atom. The molecule has 4 aromatic rings. The molecule has 2 aliphatic heterocycles. The van der Waals surface area contributed by atoms with E-state index in [0.717, 1.165) is 11.1 Å². The van der Waals surface area contributed by atoms with Crippen LogP contribution in [-0.4, -0.2) is 71.8 Å². The molecule has 0 saturated heterocycles. The van der Waals surface area contributed by atoms with Crippen LogP contribution in [-0.2, 0) is 9.59 Å². The SMILES string of the molecule is C[C@@H]1C/C=C/C[C@@H](c2ccccc2)NC(=O)[C@@H](C)N(C)C(=O)c2ccccc2O1.C[C@@H]1C/C=C\C[C@@H](c2ccccc2)NC(=O)[C@@H](C)N(C)C(=O)c2ccccc2O1. The highest BCUT2D eigenvalue weighted by Gasteiger charge is 2.29. The third kappa shape index (κ3) is 11.5. The summed E-state index contributed by atoms with van der Waals surface area (Å²) in [6.07, 6.45) is 10.9. The Kier molecular flexibility index (Phi) is 15.4.